The highest BCUT2D eigenvalue weighted by atomic mass is 28.3. The van der Waals surface area contributed by atoms with Crippen LogP contribution in [0.5, 0.6) is 0 Å². The number of carbonyl (C=O) groups is 1. The normalized spacial score (nSPS) is 15.7. The zero-order valence-corrected chi connectivity index (χ0v) is 34.3. The van der Waals surface area contributed by atoms with E-state index in [9.17, 15) is 4.79 Å². The van der Waals surface area contributed by atoms with Crippen LogP contribution in [0.1, 0.15) is 48.8 Å². The molecule has 2 fully saturated rings. The molecular weight excluding hydrogens is 688 g/mol. The summed E-state index contributed by atoms with van der Waals surface area (Å²) in [6.45, 7) is 20.0. The van der Waals surface area contributed by atoms with Crippen molar-refractivity contribution in [3.05, 3.63) is 71.6 Å². The van der Waals surface area contributed by atoms with Crippen molar-refractivity contribution in [2.75, 3.05) is 18.5 Å². The molecule has 0 radical (unpaired) electrons. The molecule has 0 saturated heterocycles. The Bertz CT molecular complexity index is 1820. The lowest BCUT2D eigenvalue weighted by molar-refractivity contribution is -0.119. The molecule has 0 spiro atoms. The van der Waals surface area contributed by atoms with Crippen molar-refractivity contribution in [1.29, 1.82) is 0 Å². The maximum Gasteiger partial charge on any atom is 0.235 e. The molecular formula is C40H57FN6O3Si2. The van der Waals surface area contributed by atoms with Crippen molar-refractivity contribution in [3.8, 4) is 22.5 Å². The van der Waals surface area contributed by atoms with Gasteiger partial charge in [0.2, 0.25) is 5.91 Å². The van der Waals surface area contributed by atoms with Crippen molar-refractivity contribution >= 4 is 27.7 Å². The summed E-state index contributed by atoms with van der Waals surface area (Å²) in [6, 6.07) is 16.7. The number of ether oxygens (including phenoxy) is 2. The van der Waals surface area contributed by atoms with E-state index in [0.29, 0.717) is 48.1 Å². The van der Waals surface area contributed by atoms with E-state index < -0.39 is 22.1 Å². The first-order chi connectivity index (χ1) is 24.7. The standard InChI is InChI=1S/C40H57FN6O3Si2/c1-27-35(28(2)47(45-27)26-50-22-24-52(6,7)8)29-17-19-32(20-18-29)42-40(48)37(36(30-13-14-30)31-15-16-31)39-44-43-38(33-11-9-10-12-34(33)41)46(39)25-49-21-23-51(3,4)5/h9-12,17-20,30-31,36-37H,13-16,21-26H2,1-8H3,(H,42,48). The summed E-state index contributed by atoms with van der Waals surface area (Å²) in [5.41, 5.74) is 5.18. The van der Waals surface area contributed by atoms with Gasteiger partial charge in [-0.25, -0.2) is 9.07 Å². The number of anilines is 1. The minimum Gasteiger partial charge on any atom is -0.361 e. The molecule has 6 rings (SSSR count). The van der Waals surface area contributed by atoms with Gasteiger partial charge in [0.25, 0.3) is 0 Å². The number of benzene rings is 2. The van der Waals surface area contributed by atoms with Gasteiger partial charge in [0.1, 0.15) is 31.0 Å². The molecule has 12 heteroatoms. The van der Waals surface area contributed by atoms with Crippen LogP contribution in [0.15, 0.2) is 48.5 Å². The van der Waals surface area contributed by atoms with Crippen LogP contribution in [-0.4, -0.2) is 59.8 Å². The Kier molecular flexibility index (Phi) is 11.7. The van der Waals surface area contributed by atoms with Gasteiger partial charge in [0.05, 0.1) is 11.3 Å². The summed E-state index contributed by atoms with van der Waals surface area (Å²) in [5, 5.41) is 17.2. The number of aromatic nitrogens is 5. The van der Waals surface area contributed by atoms with E-state index in [1.807, 2.05) is 40.4 Å². The molecule has 2 aromatic carbocycles. The SMILES string of the molecule is Cc1nn(COCC[Si](C)(C)C)c(C)c1-c1ccc(NC(=O)C(c2nnc(-c3ccccc3F)n2COCC[Si](C)(C)C)C(C2CC2)C2CC2)cc1. The second-order valence-corrected chi connectivity index (χ2v) is 28.6. The number of aryl methyl sites for hydroxylation is 1. The van der Waals surface area contributed by atoms with Crippen molar-refractivity contribution in [2.24, 2.45) is 17.8 Å². The lowest BCUT2D eigenvalue weighted by Gasteiger charge is -2.27. The number of hydrogen-bond acceptors (Lipinski definition) is 6. The van der Waals surface area contributed by atoms with Crippen LogP contribution in [0.2, 0.25) is 51.4 Å². The second kappa shape index (κ2) is 15.9. The van der Waals surface area contributed by atoms with Gasteiger partial charge in [0, 0.05) is 46.3 Å². The van der Waals surface area contributed by atoms with Crippen molar-refractivity contribution in [2.45, 2.75) is 110 Å². The Balaban J connectivity index is 1.26. The van der Waals surface area contributed by atoms with E-state index in [1.165, 1.54) is 6.07 Å². The largest absolute Gasteiger partial charge is 0.361 e. The summed E-state index contributed by atoms with van der Waals surface area (Å²) in [5.74, 6) is 0.973. The van der Waals surface area contributed by atoms with E-state index in [4.69, 9.17) is 14.6 Å². The van der Waals surface area contributed by atoms with Crippen LogP contribution < -0.4 is 5.32 Å². The first-order valence-corrected chi connectivity index (χ1v) is 26.4. The van der Waals surface area contributed by atoms with Gasteiger partial charge >= 0.3 is 0 Å². The highest BCUT2D eigenvalue weighted by molar-refractivity contribution is 6.76. The number of rotatable bonds is 18. The molecule has 9 nitrogen and oxygen atoms in total. The van der Waals surface area contributed by atoms with Gasteiger partial charge in [-0.15, -0.1) is 10.2 Å². The zero-order valence-electron chi connectivity index (χ0n) is 32.3. The van der Waals surface area contributed by atoms with E-state index in [2.05, 4.69) is 61.7 Å². The molecule has 1 atom stereocenters. The van der Waals surface area contributed by atoms with Crippen LogP contribution in [0.3, 0.4) is 0 Å². The smallest absolute Gasteiger partial charge is 0.235 e. The van der Waals surface area contributed by atoms with Crippen LogP contribution in [-0.2, 0) is 27.7 Å². The van der Waals surface area contributed by atoms with Gasteiger partial charge in [-0.05, 0) is 99.2 Å². The molecule has 2 aromatic heterocycles. The number of carbonyl (C=O) groups excluding carboxylic acids is 1. The zero-order chi connectivity index (χ0) is 37.2. The molecule has 2 aliphatic carbocycles. The van der Waals surface area contributed by atoms with Gasteiger partial charge in [-0.1, -0.05) is 63.5 Å². The number of nitrogens with zero attached hydrogens (tertiary/aromatic N) is 5. The van der Waals surface area contributed by atoms with Gasteiger partial charge in [-0.3, -0.25) is 9.36 Å². The number of hydrogen-bond donors (Lipinski definition) is 1. The summed E-state index contributed by atoms with van der Waals surface area (Å²) in [7, 11) is -2.50. The maximum atomic E-state index is 15.2. The van der Waals surface area contributed by atoms with Gasteiger partial charge < -0.3 is 14.8 Å². The molecule has 0 bridgehead atoms. The lowest BCUT2D eigenvalue weighted by atomic mass is 9.82. The van der Waals surface area contributed by atoms with Crippen molar-refractivity contribution < 1.29 is 18.7 Å². The van der Waals surface area contributed by atoms with E-state index in [-0.39, 0.29) is 24.4 Å². The second-order valence-electron chi connectivity index (χ2n) is 17.3. The summed E-state index contributed by atoms with van der Waals surface area (Å²) in [6.07, 6.45) is 4.43. The fourth-order valence-electron chi connectivity index (χ4n) is 7.11. The predicted octanol–water partition coefficient (Wildman–Crippen LogP) is 9.35. The first-order valence-electron chi connectivity index (χ1n) is 19.0. The average molecular weight is 745 g/mol. The Morgan fingerprint density at radius 1 is 0.865 bits per heavy atom. The van der Waals surface area contributed by atoms with Gasteiger partial charge in [-0.2, -0.15) is 5.10 Å². The van der Waals surface area contributed by atoms with Crippen molar-refractivity contribution in [1.82, 2.24) is 24.5 Å². The Morgan fingerprint density at radius 3 is 2.04 bits per heavy atom. The molecule has 0 aliphatic heterocycles. The minimum absolute atomic E-state index is 0.108. The van der Waals surface area contributed by atoms with Crippen LogP contribution >= 0.6 is 0 Å². The Hall–Kier alpha value is -3.46. The number of nitrogens with one attached hydrogen (secondary N) is 1. The number of halogens is 1. The van der Waals surface area contributed by atoms with E-state index >= 15 is 4.39 Å². The molecule has 2 heterocycles. The van der Waals surface area contributed by atoms with E-state index in [0.717, 1.165) is 66.9 Å². The first kappa shape index (κ1) is 38.3. The molecule has 4 aromatic rings. The van der Waals surface area contributed by atoms with E-state index in [1.54, 1.807) is 18.2 Å². The Morgan fingerprint density at radius 2 is 1.46 bits per heavy atom. The fourth-order valence-corrected chi connectivity index (χ4v) is 8.63. The lowest BCUT2D eigenvalue weighted by Crippen LogP contribution is -2.32. The van der Waals surface area contributed by atoms with Crippen LogP contribution in [0.4, 0.5) is 10.1 Å². The minimum atomic E-state index is -1.34. The molecule has 52 heavy (non-hydrogen) atoms. The average Bonchev–Trinajstić information content (AvgIpc) is 4.02. The molecule has 280 valence electrons. The third-order valence-electron chi connectivity index (χ3n) is 10.4. The topological polar surface area (TPSA) is 96.1 Å². The van der Waals surface area contributed by atoms with Gasteiger partial charge in [0.15, 0.2) is 5.82 Å². The molecule has 1 N–H and O–H groups in total. The monoisotopic (exact) mass is 744 g/mol. The molecule has 2 saturated carbocycles. The quantitative estimate of drug-likeness (QED) is 0.0806. The third kappa shape index (κ3) is 9.55. The van der Waals surface area contributed by atoms with Crippen LogP contribution in [0, 0.1) is 37.4 Å². The predicted molar refractivity (Wildman–Crippen MR) is 211 cm³/mol. The molecule has 1 unspecified atom stereocenters. The molecule has 2 aliphatic rings. The summed E-state index contributed by atoms with van der Waals surface area (Å²) < 4.78 is 31.2. The third-order valence-corrected chi connectivity index (χ3v) is 13.8. The maximum absolute atomic E-state index is 15.2. The number of amides is 1. The fraction of sp³-hybridized carbons (Fsp3) is 0.550. The highest BCUT2D eigenvalue weighted by Gasteiger charge is 2.50. The van der Waals surface area contributed by atoms with Crippen LogP contribution in [0.25, 0.3) is 22.5 Å². The summed E-state index contributed by atoms with van der Waals surface area (Å²) >= 11 is 0. The molecule has 1 amide bonds. The highest BCUT2D eigenvalue weighted by Crippen LogP contribution is 2.55. The van der Waals surface area contributed by atoms with Crippen molar-refractivity contribution in [3.63, 3.8) is 0 Å². The Labute approximate surface area is 310 Å². The summed E-state index contributed by atoms with van der Waals surface area (Å²) in [4.78, 5) is 14.6.